The molecule has 2 heterocycles. The zero-order chi connectivity index (χ0) is 11.7. The van der Waals surface area contributed by atoms with Crippen molar-refractivity contribution < 1.29 is 14.1 Å². The summed E-state index contributed by atoms with van der Waals surface area (Å²) in [6.07, 6.45) is 1.33. The van der Waals surface area contributed by atoms with E-state index in [1.165, 1.54) is 18.2 Å². The summed E-state index contributed by atoms with van der Waals surface area (Å²) in [7, 11) is 0. The highest BCUT2D eigenvalue weighted by molar-refractivity contribution is 7.80. The third kappa shape index (κ3) is 1.91. The maximum Gasteiger partial charge on any atom is 0.433 e. The van der Waals surface area contributed by atoms with Crippen LogP contribution in [0.3, 0.4) is 0 Å². The number of nitro groups is 1. The molecule has 0 bridgehead atoms. The van der Waals surface area contributed by atoms with Crippen LogP contribution in [0.2, 0.25) is 0 Å². The Balaban J connectivity index is 2.26. The maximum atomic E-state index is 11.2. The number of rotatable bonds is 2. The van der Waals surface area contributed by atoms with Crippen LogP contribution >= 0.6 is 12.2 Å². The predicted octanol–water partition coefficient (Wildman–Crippen LogP) is 0.533. The molecule has 1 aliphatic rings. The van der Waals surface area contributed by atoms with Gasteiger partial charge >= 0.3 is 5.88 Å². The van der Waals surface area contributed by atoms with E-state index in [1.54, 1.807) is 0 Å². The molecule has 0 saturated carbocycles. The average Bonchev–Trinajstić information content (AvgIpc) is 2.75. The van der Waals surface area contributed by atoms with Gasteiger partial charge in [-0.15, -0.1) is 0 Å². The molecular formula is C8H5N3O4S. The van der Waals surface area contributed by atoms with Crippen LogP contribution in [0.4, 0.5) is 5.88 Å². The first-order valence-corrected chi connectivity index (χ1v) is 4.55. The molecule has 0 unspecified atom stereocenters. The molecule has 1 fully saturated rings. The Morgan fingerprint density at radius 2 is 2.19 bits per heavy atom. The van der Waals surface area contributed by atoms with E-state index in [9.17, 15) is 14.9 Å². The molecule has 1 amide bonds. The number of amides is 1. The van der Waals surface area contributed by atoms with Crippen molar-refractivity contribution in [2.75, 3.05) is 0 Å². The number of carbonyl (C=O) groups is 1. The van der Waals surface area contributed by atoms with Gasteiger partial charge in [0.15, 0.2) is 5.11 Å². The average molecular weight is 239 g/mol. The van der Waals surface area contributed by atoms with Gasteiger partial charge in [0.25, 0.3) is 5.91 Å². The second-order valence-corrected chi connectivity index (χ2v) is 3.31. The Morgan fingerprint density at radius 1 is 1.44 bits per heavy atom. The first-order valence-electron chi connectivity index (χ1n) is 4.14. The Hall–Kier alpha value is -2.22. The minimum Gasteiger partial charge on any atom is -0.401 e. The molecule has 8 heteroatoms. The summed E-state index contributed by atoms with van der Waals surface area (Å²) >= 11 is 4.71. The van der Waals surface area contributed by atoms with Crippen LogP contribution < -0.4 is 10.6 Å². The standard InChI is InChI=1S/C8H5N3O4S/c12-7-5(9-8(16)10-7)3-4-1-2-6(15-4)11(13)14/h1-3H,(H2,9,10,12,16)/b5-3-. The Morgan fingerprint density at radius 3 is 2.69 bits per heavy atom. The van der Waals surface area contributed by atoms with Crippen molar-refractivity contribution in [2.24, 2.45) is 0 Å². The van der Waals surface area contributed by atoms with Crippen LogP contribution in [-0.4, -0.2) is 15.9 Å². The van der Waals surface area contributed by atoms with Crippen molar-refractivity contribution in [2.45, 2.75) is 0 Å². The quantitative estimate of drug-likeness (QED) is 0.338. The van der Waals surface area contributed by atoms with E-state index in [2.05, 4.69) is 10.6 Å². The molecule has 0 atom stereocenters. The molecule has 0 spiro atoms. The fraction of sp³-hybridized carbons (Fsp3) is 0. The molecule has 7 nitrogen and oxygen atoms in total. The van der Waals surface area contributed by atoms with E-state index in [1.807, 2.05) is 0 Å². The molecule has 1 aliphatic heterocycles. The third-order valence-electron chi connectivity index (χ3n) is 1.80. The van der Waals surface area contributed by atoms with Gasteiger partial charge in [-0.3, -0.25) is 20.2 Å². The van der Waals surface area contributed by atoms with Crippen LogP contribution in [-0.2, 0) is 4.79 Å². The summed E-state index contributed by atoms with van der Waals surface area (Å²) in [4.78, 5) is 20.9. The van der Waals surface area contributed by atoms with Crippen LogP contribution in [0.25, 0.3) is 6.08 Å². The molecule has 16 heavy (non-hydrogen) atoms. The number of hydrogen-bond donors (Lipinski definition) is 2. The molecular weight excluding hydrogens is 234 g/mol. The van der Waals surface area contributed by atoms with Crippen molar-refractivity contribution in [1.82, 2.24) is 10.6 Å². The lowest BCUT2D eigenvalue weighted by Gasteiger charge is -1.91. The number of nitrogens with zero attached hydrogens (tertiary/aromatic N) is 1. The van der Waals surface area contributed by atoms with Crippen LogP contribution in [0, 0.1) is 10.1 Å². The van der Waals surface area contributed by atoms with Crippen LogP contribution in [0.1, 0.15) is 5.76 Å². The highest BCUT2D eigenvalue weighted by atomic mass is 32.1. The van der Waals surface area contributed by atoms with Gasteiger partial charge in [0.2, 0.25) is 0 Å². The largest absolute Gasteiger partial charge is 0.433 e. The first kappa shape index (κ1) is 10.3. The SMILES string of the molecule is O=C1NC(=S)N/C1=C\c1ccc([N+](=O)[O-])o1. The van der Waals surface area contributed by atoms with Gasteiger partial charge in [0.1, 0.15) is 16.4 Å². The fourth-order valence-corrected chi connectivity index (χ4v) is 1.35. The van der Waals surface area contributed by atoms with E-state index >= 15 is 0 Å². The Bertz CT molecular complexity index is 519. The van der Waals surface area contributed by atoms with Crippen molar-refractivity contribution >= 4 is 35.2 Å². The zero-order valence-electron chi connectivity index (χ0n) is 7.72. The number of thiocarbonyl (C=S) groups is 1. The predicted molar refractivity (Wildman–Crippen MR) is 57.2 cm³/mol. The smallest absolute Gasteiger partial charge is 0.401 e. The lowest BCUT2D eigenvalue weighted by molar-refractivity contribution is -0.402. The van der Waals surface area contributed by atoms with Crippen molar-refractivity contribution in [1.29, 1.82) is 0 Å². The van der Waals surface area contributed by atoms with E-state index < -0.39 is 10.8 Å². The molecule has 1 aromatic rings. The number of carbonyl (C=O) groups excluding carboxylic acids is 1. The van der Waals surface area contributed by atoms with Crippen molar-refractivity contribution in [3.05, 3.63) is 33.7 Å². The lowest BCUT2D eigenvalue weighted by atomic mass is 10.3. The van der Waals surface area contributed by atoms with E-state index in [-0.39, 0.29) is 22.5 Å². The molecule has 0 radical (unpaired) electrons. The highest BCUT2D eigenvalue weighted by Crippen LogP contribution is 2.18. The first-order chi connectivity index (χ1) is 7.56. The van der Waals surface area contributed by atoms with Crippen LogP contribution in [0.5, 0.6) is 0 Å². The fourth-order valence-electron chi connectivity index (χ4n) is 1.14. The summed E-state index contributed by atoms with van der Waals surface area (Å²) in [5.74, 6) is -0.578. The number of nitrogens with one attached hydrogen (secondary N) is 2. The van der Waals surface area contributed by atoms with Crippen LogP contribution in [0.15, 0.2) is 22.2 Å². The van der Waals surface area contributed by atoms with E-state index in [0.29, 0.717) is 0 Å². The summed E-state index contributed by atoms with van der Waals surface area (Å²) in [5, 5.41) is 15.5. The molecule has 1 aromatic heterocycles. The maximum absolute atomic E-state index is 11.2. The molecule has 0 aliphatic carbocycles. The molecule has 0 aromatic carbocycles. The minimum atomic E-state index is -0.658. The Labute approximate surface area is 94.3 Å². The second kappa shape index (κ2) is 3.74. The van der Waals surface area contributed by atoms with Gasteiger partial charge in [-0.25, -0.2) is 0 Å². The van der Waals surface area contributed by atoms with Crippen molar-refractivity contribution in [3.8, 4) is 0 Å². The van der Waals surface area contributed by atoms with Gasteiger partial charge in [0.05, 0.1) is 6.07 Å². The van der Waals surface area contributed by atoms with Gasteiger partial charge in [0, 0.05) is 6.08 Å². The summed E-state index contributed by atoms with van der Waals surface area (Å²) in [6.45, 7) is 0. The third-order valence-corrected chi connectivity index (χ3v) is 2.00. The van der Waals surface area contributed by atoms with Gasteiger partial charge in [-0.1, -0.05) is 0 Å². The highest BCUT2D eigenvalue weighted by Gasteiger charge is 2.21. The topological polar surface area (TPSA) is 97.4 Å². The summed E-state index contributed by atoms with van der Waals surface area (Å²) in [5.41, 5.74) is 0.189. The van der Waals surface area contributed by atoms with E-state index in [0.717, 1.165) is 0 Å². The number of hydrogen-bond acceptors (Lipinski definition) is 5. The van der Waals surface area contributed by atoms with E-state index in [4.69, 9.17) is 16.6 Å². The molecule has 82 valence electrons. The second-order valence-electron chi connectivity index (χ2n) is 2.90. The Kier molecular flexibility index (Phi) is 2.41. The van der Waals surface area contributed by atoms with Gasteiger partial charge in [-0.2, -0.15) is 0 Å². The summed E-state index contributed by atoms with van der Waals surface area (Å²) in [6, 6.07) is 2.60. The van der Waals surface area contributed by atoms with Crippen molar-refractivity contribution in [3.63, 3.8) is 0 Å². The lowest BCUT2D eigenvalue weighted by Crippen LogP contribution is -2.21. The molecule has 1 saturated heterocycles. The minimum absolute atomic E-state index is 0.189. The normalized spacial score (nSPS) is 17.4. The molecule has 2 rings (SSSR count). The van der Waals surface area contributed by atoms with Gasteiger partial charge in [-0.05, 0) is 18.3 Å². The number of furan rings is 1. The zero-order valence-corrected chi connectivity index (χ0v) is 8.54. The monoisotopic (exact) mass is 239 g/mol. The summed E-state index contributed by atoms with van der Waals surface area (Å²) < 4.78 is 4.85. The van der Waals surface area contributed by atoms with Gasteiger partial charge < -0.3 is 9.73 Å². The molecule has 2 N–H and O–H groups in total.